The van der Waals surface area contributed by atoms with Crippen LogP contribution in [0.1, 0.15) is 5.56 Å². The first kappa shape index (κ1) is 12.3. The van der Waals surface area contributed by atoms with Gasteiger partial charge in [0.15, 0.2) is 5.82 Å². The van der Waals surface area contributed by atoms with Gasteiger partial charge in [0.2, 0.25) is 0 Å². The molecular formula is C11H11F3N4. The van der Waals surface area contributed by atoms with Gasteiger partial charge in [0, 0.05) is 18.9 Å². The Morgan fingerprint density at radius 3 is 2.28 bits per heavy atom. The van der Waals surface area contributed by atoms with Gasteiger partial charge in [-0.25, -0.2) is 0 Å². The number of nitrogens with two attached hydrogens (primary N) is 1. The molecule has 3 N–H and O–H groups in total. The number of aromatic nitrogens is 2. The van der Waals surface area contributed by atoms with Crippen LogP contribution < -0.4 is 11.1 Å². The van der Waals surface area contributed by atoms with Gasteiger partial charge >= 0.3 is 6.18 Å². The van der Waals surface area contributed by atoms with Crippen LogP contribution >= 0.6 is 0 Å². The highest BCUT2D eigenvalue weighted by molar-refractivity contribution is 5.68. The lowest BCUT2D eigenvalue weighted by Crippen LogP contribution is -2.04. The maximum Gasteiger partial charge on any atom is 0.416 e. The lowest BCUT2D eigenvalue weighted by Gasteiger charge is -2.08. The molecule has 0 saturated heterocycles. The zero-order valence-electron chi connectivity index (χ0n) is 9.49. The van der Waals surface area contributed by atoms with E-state index in [4.69, 9.17) is 5.73 Å². The number of hydrogen-bond acceptors (Lipinski definition) is 3. The first-order valence-corrected chi connectivity index (χ1v) is 5.09. The number of alkyl halides is 3. The topological polar surface area (TPSA) is 55.9 Å². The van der Waals surface area contributed by atoms with Gasteiger partial charge in [-0.2, -0.15) is 18.3 Å². The molecule has 1 aromatic carbocycles. The number of hydrogen-bond donors (Lipinski definition) is 2. The van der Waals surface area contributed by atoms with Gasteiger partial charge < -0.3 is 11.1 Å². The third-order valence-corrected chi connectivity index (χ3v) is 2.33. The fourth-order valence-electron chi connectivity index (χ4n) is 1.48. The number of anilines is 3. The van der Waals surface area contributed by atoms with Crippen molar-refractivity contribution in [3.8, 4) is 0 Å². The SMILES string of the molecule is Cn1cc(N)c(Nc2ccc(C(F)(F)F)cc2)n1. The molecule has 0 amide bonds. The molecule has 4 nitrogen and oxygen atoms in total. The molecule has 96 valence electrons. The standard InChI is InChI=1S/C11H11F3N4/c1-18-6-9(15)10(17-18)16-8-4-2-7(3-5-8)11(12,13)14/h2-6H,15H2,1H3,(H,16,17). The summed E-state index contributed by atoms with van der Waals surface area (Å²) in [5, 5.41) is 6.88. The number of nitrogens with one attached hydrogen (secondary N) is 1. The van der Waals surface area contributed by atoms with Gasteiger partial charge in [-0.05, 0) is 24.3 Å². The molecule has 0 bridgehead atoms. The molecule has 0 saturated carbocycles. The van der Waals surface area contributed by atoms with Crippen molar-refractivity contribution in [3.63, 3.8) is 0 Å². The van der Waals surface area contributed by atoms with Gasteiger partial charge in [-0.1, -0.05) is 0 Å². The highest BCUT2D eigenvalue weighted by Gasteiger charge is 2.29. The molecule has 0 aliphatic carbocycles. The monoisotopic (exact) mass is 256 g/mol. The van der Waals surface area contributed by atoms with E-state index in [2.05, 4.69) is 10.4 Å². The Bertz CT molecular complexity index is 542. The number of rotatable bonds is 2. The molecule has 0 aliphatic heterocycles. The van der Waals surface area contributed by atoms with Crippen LogP contribution in [0.4, 0.5) is 30.4 Å². The van der Waals surface area contributed by atoms with E-state index in [1.807, 2.05) is 0 Å². The molecule has 0 spiro atoms. The molecule has 18 heavy (non-hydrogen) atoms. The minimum absolute atomic E-state index is 0.414. The summed E-state index contributed by atoms with van der Waals surface area (Å²) in [7, 11) is 1.70. The zero-order chi connectivity index (χ0) is 13.3. The lowest BCUT2D eigenvalue weighted by atomic mass is 10.2. The Labute approximate surface area is 101 Å². The minimum Gasteiger partial charge on any atom is -0.394 e. The Kier molecular flexibility index (Phi) is 2.90. The van der Waals surface area contributed by atoms with Crippen LogP contribution in [0.25, 0.3) is 0 Å². The summed E-state index contributed by atoms with van der Waals surface area (Å²) in [5.74, 6) is 0.414. The summed E-state index contributed by atoms with van der Waals surface area (Å²) in [6, 6.07) is 4.66. The number of nitrogens with zero attached hydrogens (tertiary/aromatic N) is 2. The summed E-state index contributed by atoms with van der Waals surface area (Å²) >= 11 is 0. The molecule has 1 aromatic heterocycles. The molecule has 1 heterocycles. The van der Waals surface area contributed by atoms with Gasteiger partial charge in [-0.15, -0.1) is 0 Å². The Morgan fingerprint density at radius 1 is 1.22 bits per heavy atom. The molecule has 7 heteroatoms. The number of aryl methyl sites for hydroxylation is 1. The van der Waals surface area contributed by atoms with E-state index < -0.39 is 11.7 Å². The highest BCUT2D eigenvalue weighted by Crippen LogP contribution is 2.30. The van der Waals surface area contributed by atoms with Gasteiger partial charge in [-0.3, -0.25) is 4.68 Å². The molecule has 0 aliphatic rings. The summed E-state index contributed by atoms with van der Waals surface area (Å²) < 4.78 is 38.6. The van der Waals surface area contributed by atoms with E-state index in [-0.39, 0.29) is 0 Å². The van der Waals surface area contributed by atoms with Gasteiger partial charge in [0.25, 0.3) is 0 Å². The van der Waals surface area contributed by atoms with Crippen molar-refractivity contribution in [2.75, 3.05) is 11.1 Å². The van der Waals surface area contributed by atoms with Crippen molar-refractivity contribution in [2.45, 2.75) is 6.18 Å². The summed E-state index contributed by atoms with van der Waals surface area (Å²) in [6.45, 7) is 0. The molecule has 2 rings (SSSR count). The van der Waals surface area contributed by atoms with Crippen molar-refractivity contribution in [2.24, 2.45) is 7.05 Å². The van der Waals surface area contributed by atoms with Crippen LogP contribution in [-0.4, -0.2) is 9.78 Å². The van der Waals surface area contributed by atoms with Crippen LogP contribution in [0.3, 0.4) is 0 Å². The minimum atomic E-state index is -4.33. The average Bonchev–Trinajstić information content (AvgIpc) is 2.57. The number of benzene rings is 1. The first-order chi connectivity index (χ1) is 8.36. The van der Waals surface area contributed by atoms with Crippen LogP contribution in [0.2, 0.25) is 0 Å². The molecule has 0 atom stereocenters. The maximum absolute atomic E-state index is 12.4. The molecular weight excluding hydrogens is 245 g/mol. The highest BCUT2D eigenvalue weighted by atomic mass is 19.4. The number of halogens is 3. The predicted molar refractivity (Wildman–Crippen MR) is 62.3 cm³/mol. The number of nitrogen functional groups attached to an aromatic ring is 1. The normalized spacial score (nSPS) is 11.6. The van der Waals surface area contributed by atoms with E-state index in [9.17, 15) is 13.2 Å². The molecule has 0 radical (unpaired) electrons. The summed E-state index contributed by atoms with van der Waals surface area (Å²) in [4.78, 5) is 0. The second-order valence-electron chi connectivity index (χ2n) is 3.81. The van der Waals surface area contributed by atoms with Crippen LogP contribution in [0, 0.1) is 0 Å². The third kappa shape index (κ3) is 2.55. The van der Waals surface area contributed by atoms with E-state index in [1.165, 1.54) is 16.8 Å². The third-order valence-electron chi connectivity index (χ3n) is 2.33. The van der Waals surface area contributed by atoms with E-state index in [0.29, 0.717) is 17.2 Å². The van der Waals surface area contributed by atoms with Crippen LogP contribution in [0.15, 0.2) is 30.5 Å². The van der Waals surface area contributed by atoms with E-state index in [0.717, 1.165) is 12.1 Å². The Balaban J connectivity index is 2.18. The van der Waals surface area contributed by atoms with Crippen molar-refractivity contribution in [1.29, 1.82) is 0 Å². The first-order valence-electron chi connectivity index (χ1n) is 5.09. The van der Waals surface area contributed by atoms with Gasteiger partial charge in [0.1, 0.15) is 0 Å². The maximum atomic E-state index is 12.4. The largest absolute Gasteiger partial charge is 0.416 e. The molecule has 2 aromatic rings. The molecule has 0 unspecified atom stereocenters. The summed E-state index contributed by atoms with van der Waals surface area (Å²) in [5.41, 5.74) is 5.89. The van der Waals surface area contributed by atoms with Crippen molar-refractivity contribution >= 4 is 17.2 Å². The Hall–Kier alpha value is -2.18. The van der Waals surface area contributed by atoms with E-state index >= 15 is 0 Å². The molecule has 0 fully saturated rings. The van der Waals surface area contributed by atoms with Gasteiger partial charge in [0.05, 0.1) is 11.3 Å². The fraction of sp³-hybridized carbons (Fsp3) is 0.182. The predicted octanol–water partition coefficient (Wildman–Crippen LogP) is 2.76. The van der Waals surface area contributed by atoms with Crippen LogP contribution in [-0.2, 0) is 13.2 Å². The van der Waals surface area contributed by atoms with E-state index in [1.54, 1.807) is 13.2 Å². The smallest absolute Gasteiger partial charge is 0.394 e. The zero-order valence-corrected chi connectivity index (χ0v) is 9.49. The lowest BCUT2D eigenvalue weighted by molar-refractivity contribution is -0.137. The van der Waals surface area contributed by atoms with Crippen molar-refractivity contribution < 1.29 is 13.2 Å². The van der Waals surface area contributed by atoms with Crippen LogP contribution in [0.5, 0.6) is 0 Å². The fourth-order valence-corrected chi connectivity index (χ4v) is 1.48. The quantitative estimate of drug-likeness (QED) is 0.868. The second kappa shape index (κ2) is 4.25. The Morgan fingerprint density at radius 2 is 1.83 bits per heavy atom. The average molecular weight is 256 g/mol. The van der Waals surface area contributed by atoms with Crippen molar-refractivity contribution in [1.82, 2.24) is 9.78 Å². The second-order valence-corrected chi connectivity index (χ2v) is 3.81. The summed E-state index contributed by atoms with van der Waals surface area (Å²) in [6.07, 6.45) is -2.73. The van der Waals surface area contributed by atoms with Crippen molar-refractivity contribution in [3.05, 3.63) is 36.0 Å².